The monoisotopic (exact) mass is 526 g/mol. The standard InChI is InChI=1S/C24H45N3O8.Na/c1-5-6-7-8-9-10-11-12-13-14-18(31)25-19(15(2)28)22(32)26-20(16(3)29)23(33)27-21(17(4)30)24(34)35;/h15-17,19-21,28-30H,5-14H2,1-4H3,(H,25,31)(H,26,32)(H,27,33)(H,34,35);/t15-,16-,17-,19+,20+,21+;/m1./s1. The summed E-state index contributed by atoms with van der Waals surface area (Å²) in [5.74, 6) is -3.86. The van der Waals surface area contributed by atoms with Gasteiger partial charge >= 0.3 is 5.97 Å². The van der Waals surface area contributed by atoms with Gasteiger partial charge in [-0.05, 0) is 27.2 Å². The largest absolute Gasteiger partial charge is 0.480 e. The first kappa shape index (κ1) is 36.9. The van der Waals surface area contributed by atoms with Crippen LogP contribution < -0.4 is 16.0 Å². The summed E-state index contributed by atoms with van der Waals surface area (Å²) >= 11 is 0. The number of hydrogen-bond donors (Lipinski definition) is 7. The van der Waals surface area contributed by atoms with Crippen LogP contribution in [0, 0.1) is 0 Å². The Bertz CT molecular complexity index is 661. The van der Waals surface area contributed by atoms with Gasteiger partial charge in [-0.25, -0.2) is 4.79 Å². The van der Waals surface area contributed by atoms with E-state index in [0.29, 0.717) is 6.42 Å². The number of nitrogens with one attached hydrogen (secondary N) is 3. The zero-order valence-electron chi connectivity index (χ0n) is 22.5. The smallest absolute Gasteiger partial charge is 0.328 e. The van der Waals surface area contributed by atoms with Crippen LogP contribution in [0.1, 0.15) is 91.9 Å². The fraction of sp³-hybridized carbons (Fsp3) is 0.833. The second kappa shape index (κ2) is 20.8. The molecule has 11 nitrogen and oxygen atoms in total. The van der Waals surface area contributed by atoms with Crippen molar-refractivity contribution in [1.82, 2.24) is 16.0 Å². The summed E-state index contributed by atoms with van der Waals surface area (Å²) in [5.41, 5.74) is 0. The molecule has 0 aliphatic carbocycles. The number of amides is 3. The van der Waals surface area contributed by atoms with Gasteiger partial charge in [-0.1, -0.05) is 58.3 Å². The molecule has 0 unspecified atom stereocenters. The Morgan fingerprint density at radius 2 is 0.972 bits per heavy atom. The van der Waals surface area contributed by atoms with Crippen molar-refractivity contribution < 1.29 is 39.6 Å². The molecular formula is C24H45N3NaO8. The average Bonchev–Trinajstić information content (AvgIpc) is 2.77. The van der Waals surface area contributed by atoms with Gasteiger partial charge in [0.2, 0.25) is 17.7 Å². The molecule has 0 spiro atoms. The molecule has 3 amide bonds. The first-order chi connectivity index (χ1) is 16.4. The number of aliphatic hydroxyl groups excluding tert-OH is 3. The van der Waals surface area contributed by atoms with Crippen molar-refractivity contribution in [2.45, 2.75) is 128 Å². The van der Waals surface area contributed by atoms with E-state index in [2.05, 4.69) is 22.9 Å². The van der Waals surface area contributed by atoms with E-state index < -0.39 is 60.1 Å². The summed E-state index contributed by atoms with van der Waals surface area (Å²) in [6.45, 7) is 5.85. The van der Waals surface area contributed by atoms with Crippen LogP contribution in [0.5, 0.6) is 0 Å². The van der Waals surface area contributed by atoms with Gasteiger partial charge in [-0.15, -0.1) is 0 Å². The van der Waals surface area contributed by atoms with Crippen LogP contribution in [0.25, 0.3) is 0 Å². The summed E-state index contributed by atoms with van der Waals surface area (Å²) in [6, 6.07) is -4.59. The van der Waals surface area contributed by atoms with Crippen LogP contribution in [-0.2, 0) is 19.2 Å². The zero-order chi connectivity index (χ0) is 27.0. The number of aliphatic carboxylic acids is 1. The SMILES string of the molecule is CCCCCCCCCCCC(=O)N[C@H](C(=O)N[C@H](C(=O)N[C@H](C(=O)O)[C@@H](C)O)[C@@H](C)O)[C@@H](C)O.[Na]. The van der Waals surface area contributed by atoms with Gasteiger partial charge in [-0.2, -0.15) is 0 Å². The molecule has 36 heavy (non-hydrogen) atoms. The van der Waals surface area contributed by atoms with E-state index in [1.807, 2.05) is 0 Å². The second-order valence-electron chi connectivity index (χ2n) is 9.16. The minimum Gasteiger partial charge on any atom is -0.480 e. The minimum atomic E-state index is -1.65. The molecule has 0 fully saturated rings. The average molecular weight is 527 g/mol. The second-order valence-corrected chi connectivity index (χ2v) is 9.16. The van der Waals surface area contributed by atoms with Crippen LogP contribution in [0.2, 0.25) is 0 Å². The number of hydrogen-bond acceptors (Lipinski definition) is 7. The number of carboxylic acids is 1. The Kier molecular flexibility index (Phi) is 21.3. The molecule has 0 aromatic heterocycles. The molecule has 0 aromatic rings. The Labute approximate surface area is 236 Å². The van der Waals surface area contributed by atoms with Gasteiger partial charge in [0.05, 0.1) is 18.3 Å². The van der Waals surface area contributed by atoms with Crippen LogP contribution in [0.4, 0.5) is 0 Å². The number of carbonyl (C=O) groups is 4. The van der Waals surface area contributed by atoms with E-state index in [-0.39, 0.29) is 36.0 Å². The van der Waals surface area contributed by atoms with Gasteiger partial charge < -0.3 is 36.4 Å². The van der Waals surface area contributed by atoms with E-state index in [1.54, 1.807) is 0 Å². The quantitative estimate of drug-likeness (QED) is 0.0919. The summed E-state index contributed by atoms with van der Waals surface area (Å²) in [7, 11) is 0. The summed E-state index contributed by atoms with van der Waals surface area (Å²) in [5, 5.41) is 45.3. The molecule has 6 atom stereocenters. The summed E-state index contributed by atoms with van der Waals surface area (Å²) in [6.07, 6.45) is 5.83. The third-order valence-corrected chi connectivity index (χ3v) is 5.70. The molecule has 12 heteroatoms. The Morgan fingerprint density at radius 1 is 0.611 bits per heavy atom. The fourth-order valence-corrected chi connectivity index (χ4v) is 3.53. The van der Waals surface area contributed by atoms with Crippen LogP contribution in [0.15, 0.2) is 0 Å². The molecule has 205 valence electrons. The van der Waals surface area contributed by atoms with Gasteiger partial charge in [0.15, 0.2) is 6.04 Å². The normalized spacial score (nSPS) is 15.9. The third-order valence-electron chi connectivity index (χ3n) is 5.70. The molecule has 0 aliphatic heterocycles. The minimum absolute atomic E-state index is 0. The van der Waals surface area contributed by atoms with Crippen molar-refractivity contribution in [3.63, 3.8) is 0 Å². The van der Waals surface area contributed by atoms with Crippen molar-refractivity contribution in [3.8, 4) is 0 Å². The molecule has 0 heterocycles. The van der Waals surface area contributed by atoms with Crippen molar-refractivity contribution in [3.05, 3.63) is 0 Å². The summed E-state index contributed by atoms with van der Waals surface area (Å²) in [4.78, 5) is 48.6. The van der Waals surface area contributed by atoms with Gasteiger partial charge in [0.1, 0.15) is 12.1 Å². The number of carboxylic acid groups (broad SMARTS) is 1. The molecule has 7 N–H and O–H groups in total. The predicted octanol–water partition coefficient (Wildman–Crippen LogP) is 0.208. The number of rotatable bonds is 19. The van der Waals surface area contributed by atoms with E-state index in [0.717, 1.165) is 19.3 Å². The molecular weight excluding hydrogens is 481 g/mol. The van der Waals surface area contributed by atoms with Gasteiger partial charge in [0.25, 0.3) is 0 Å². The predicted molar refractivity (Wildman–Crippen MR) is 136 cm³/mol. The maximum absolute atomic E-state index is 12.7. The number of aliphatic hydroxyl groups is 3. The van der Waals surface area contributed by atoms with Crippen molar-refractivity contribution in [2.24, 2.45) is 0 Å². The van der Waals surface area contributed by atoms with Crippen molar-refractivity contribution >= 4 is 53.2 Å². The Hall–Kier alpha value is -1.24. The van der Waals surface area contributed by atoms with E-state index in [4.69, 9.17) is 5.11 Å². The maximum Gasteiger partial charge on any atom is 0.328 e. The zero-order valence-corrected chi connectivity index (χ0v) is 24.5. The van der Waals surface area contributed by atoms with Crippen molar-refractivity contribution in [2.75, 3.05) is 0 Å². The van der Waals surface area contributed by atoms with Crippen LogP contribution in [-0.4, -0.2) is 110 Å². The molecule has 0 saturated carbocycles. The topological polar surface area (TPSA) is 185 Å². The first-order valence-electron chi connectivity index (χ1n) is 12.6. The molecule has 0 saturated heterocycles. The van der Waals surface area contributed by atoms with Gasteiger partial charge in [0, 0.05) is 36.0 Å². The maximum atomic E-state index is 12.7. The fourth-order valence-electron chi connectivity index (χ4n) is 3.53. The molecule has 0 aliphatic rings. The van der Waals surface area contributed by atoms with Crippen LogP contribution in [0.3, 0.4) is 0 Å². The van der Waals surface area contributed by atoms with Crippen LogP contribution >= 0.6 is 0 Å². The van der Waals surface area contributed by atoms with E-state index in [1.165, 1.54) is 52.9 Å². The number of unbranched alkanes of at least 4 members (excludes halogenated alkanes) is 8. The van der Waals surface area contributed by atoms with E-state index >= 15 is 0 Å². The third kappa shape index (κ3) is 15.8. The van der Waals surface area contributed by atoms with Crippen molar-refractivity contribution in [1.29, 1.82) is 0 Å². The molecule has 1 radical (unpaired) electrons. The Morgan fingerprint density at radius 3 is 1.36 bits per heavy atom. The number of carbonyl (C=O) groups excluding carboxylic acids is 3. The Balaban J connectivity index is 0. The molecule has 0 bridgehead atoms. The molecule has 0 rings (SSSR count). The molecule has 0 aromatic carbocycles. The van der Waals surface area contributed by atoms with Gasteiger partial charge in [-0.3, -0.25) is 14.4 Å². The van der Waals surface area contributed by atoms with E-state index in [9.17, 15) is 34.5 Å². The summed E-state index contributed by atoms with van der Waals surface area (Å²) < 4.78 is 0. The first-order valence-corrected chi connectivity index (χ1v) is 12.6.